The standard InChI is InChI=1S/C11H13FN6O/c1-7-4-8(18-10(16-7)14-6-15-18)17-3-2-11(12,5-17)9(13)19/h4,6H,2-3,5H2,1H3,(H2,13,19). The van der Waals surface area contributed by atoms with Crippen molar-refractivity contribution in [2.24, 2.45) is 5.73 Å². The Balaban J connectivity index is 2.02. The summed E-state index contributed by atoms with van der Waals surface area (Å²) in [5, 5.41) is 4.06. The van der Waals surface area contributed by atoms with Gasteiger partial charge in [0.05, 0.1) is 6.54 Å². The summed E-state index contributed by atoms with van der Waals surface area (Å²) in [4.78, 5) is 21.1. The third-order valence-corrected chi connectivity index (χ3v) is 3.35. The van der Waals surface area contributed by atoms with Gasteiger partial charge in [0, 0.05) is 24.7 Å². The van der Waals surface area contributed by atoms with Gasteiger partial charge in [-0.25, -0.2) is 9.37 Å². The molecule has 1 aliphatic rings. The maximum atomic E-state index is 14.2. The summed E-state index contributed by atoms with van der Waals surface area (Å²) in [5.74, 6) is 0.196. The van der Waals surface area contributed by atoms with Crippen molar-refractivity contribution in [3.63, 3.8) is 0 Å². The van der Waals surface area contributed by atoms with Crippen molar-refractivity contribution in [3.05, 3.63) is 18.1 Å². The van der Waals surface area contributed by atoms with Crippen LogP contribution in [0.3, 0.4) is 0 Å². The maximum Gasteiger partial charge on any atom is 0.257 e. The van der Waals surface area contributed by atoms with Gasteiger partial charge in [-0.3, -0.25) is 4.79 Å². The highest BCUT2D eigenvalue weighted by Crippen LogP contribution is 2.29. The molecule has 100 valence electrons. The zero-order chi connectivity index (χ0) is 13.6. The first kappa shape index (κ1) is 11.8. The number of hydrogen-bond acceptors (Lipinski definition) is 5. The second kappa shape index (κ2) is 3.87. The molecule has 1 aliphatic heterocycles. The third-order valence-electron chi connectivity index (χ3n) is 3.35. The van der Waals surface area contributed by atoms with Crippen molar-refractivity contribution in [2.75, 3.05) is 18.0 Å². The van der Waals surface area contributed by atoms with Crippen LogP contribution in [0.1, 0.15) is 12.1 Å². The Kier molecular flexibility index (Phi) is 2.41. The van der Waals surface area contributed by atoms with E-state index in [0.717, 1.165) is 5.69 Å². The predicted molar refractivity (Wildman–Crippen MR) is 65.4 cm³/mol. The lowest BCUT2D eigenvalue weighted by Crippen LogP contribution is -2.42. The number of carbonyl (C=O) groups is 1. The van der Waals surface area contributed by atoms with E-state index in [1.54, 1.807) is 11.0 Å². The average molecular weight is 264 g/mol. The lowest BCUT2D eigenvalue weighted by Gasteiger charge is -2.20. The number of fused-ring (bicyclic) bond motifs is 1. The molecule has 3 heterocycles. The Labute approximate surface area is 108 Å². The molecule has 7 nitrogen and oxygen atoms in total. The summed E-state index contributed by atoms with van der Waals surface area (Å²) in [7, 11) is 0. The van der Waals surface area contributed by atoms with Gasteiger partial charge in [0.25, 0.3) is 11.7 Å². The van der Waals surface area contributed by atoms with Crippen LogP contribution < -0.4 is 10.6 Å². The number of nitrogens with zero attached hydrogens (tertiary/aromatic N) is 5. The molecule has 0 saturated carbocycles. The van der Waals surface area contributed by atoms with Crippen LogP contribution in [0.25, 0.3) is 5.78 Å². The van der Waals surface area contributed by atoms with Gasteiger partial charge in [-0.15, -0.1) is 0 Å². The summed E-state index contributed by atoms with van der Waals surface area (Å²) in [6.45, 7) is 2.16. The number of alkyl halides is 1. The number of anilines is 1. The molecule has 0 radical (unpaired) electrons. The van der Waals surface area contributed by atoms with Crippen molar-refractivity contribution in [1.82, 2.24) is 19.6 Å². The molecule has 1 unspecified atom stereocenters. The van der Waals surface area contributed by atoms with E-state index < -0.39 is 11.6 Å². The number of primary amides is 1. The highest BCUT2D eigenvalue weighted by molar-refractivity contribution is 5.85. The van der Waals surface area contributed by atoms with Gasteiger partial charge in [0.2, 0.25) is 5.67 Å². The fraction of sp³-hybridized carbons (Fsp3) is 0.455. The topological polar surface area (TPSA) is 89.4 Å². The predicted octanol–water partition coefficient (Wildman–Crippen LogP) is -0.164. The van der Waals surface area contributed by atoms with Gasteiger partial charge in [0.15, 0.2) is 0 Å². The fourth-order valence-corrected chi connectivity index (χ4v) is 2.31. The average Bonchev–Trinajstić information content (AvgIpc) is 2.95. The van der Waals surface area contributed by atoms with Gasteiger partial charge in [0.1, 0.15) is 12.1 Å². The van der Waals surface area contributed by atoms with Crippen LogP contribution in [0, 0.1) is 6.92 Å². The van der Waals surface area contributed by atoms with Gasteiger partial charge in [-0.1, -0.05) is 0 Å². The number of amides is 1. The summed E-state index contributed by atoms with van der Waals surface area (Å²) in [6.07, 6.45) is 1.47. The summed E-state index contributed by atoms with van der Waals surface area (Å²) in [6, 6.07) is 1.79. The molecule has 8 heteroatoms. The molecule has 1 atom stereocenters. The molecule has 2 N–H and O–H groups in total. The first-order valence-electron chi connectivity index (χ1n) is 5.91. The SMILES string of the molecule is Cc1cc(N2CCC(F)(C(N)=O)C2)n2ncnc2n1. The maximum absolute atomic E-state index is 14.2. The molecule has 1 saturated heterocycles. The summed E-state index contributed by atoms with van der Waals surface area (Å²) >= 11 is 0. The highest BCUT2D eigenvalue weighted by Gasteiger charge is 2.44. The zero-order valence-corrected chi connectivity index (χ0v) is 10.4. The van der Waals surface area contributed by atoms with Crippen LogP contribution in [0.2, 0.25) is 0 Å². The molecule has 1 amide bonds. The molecule has 19 heavy (non-hydrogen) atoms. The van der Waals surface area contributed by atoms with Crippen LogP contribution in [-0.4, -0.2) is 44.2 Å². The second-order valence-electron chi connectivity index (χ2n) is 4.73. The van der Waals surface area contributed by atoms with E-state index in [1.165, 1.54) is 10.8 Å². The van der Waals surface area contributed by atoms with Crippen molar-refractivity contribution in [2.45, 2.75) is 19.0 Å². The van der Waals surface area contributed by atoms with Crippen LogP contribution in [0.4, 0.5) is 10.2 Å². The quantitative estimate of drug-likeness (QED) is 0.813. The number of nitrogens with two attached hydrogens (primary N) is 1. The molecular weight excluding hydrogens is 251 g/mol. The molecule has 2 aromatic rings. The summed E-state index contributed by atoms with van der Waals surface area (Å²) < 4.78 is 15.7. The van der Waals surface area contributed by atoms with E-state index in [2.05, 4.69) is 15.1 Å². The van der Waals surface area contributed by atoms with Crippen LogP contribution in [0.5, 0.6) is 0 Å². The van der Waals surface area contributed by atoms with Gasteiger partial charge < -0.3 is 10.6 Å². The van der Waals surface area contributed by atoms with Crippen molar-refractivity contribution in [3.8, 4) is 0 Å². The lowest BCUT2D eigenvalue weighted by atomic mass is 10.1. The Morgan fingerprint density at radius 3 is 3.05 bits per heavy atom. The van der Waals surface area contributed by atoms with Crippen molar-refractivity contribution >= 4 is 17.5 Å². The van der Waals surface area contributed by atoms with E-state index in [9.17, 15) is 9.18 Å². The Morgan fingerprint density at radius 2 is 2.37 bits per heavy atom. The van der Waals surface area contributed by atoms with E-state index in [-0.39, 0.29) is 13.0 Å². The van der Waals surface area contributed by atoms with Crippen molar-refractivity contribution in [1.29, 1.82) is 0 Å². The molecular formula is C11H13FN6O. The Bertz CT molecular complexity index is 656. The van der Waals surface area contributed by atoms with Gasteiger partial charge in [-0.05, 0) is 6.92 Å². The third kappa shape index (κ3) is 1.79. The number of halogens is 1. The molecule has 1 fully saturated rings. The Morgan fingerprint density at radius 1 is 1.58 bits per heavy atom. The van der Waals surface area contributed by atoms with Crippen molar-refractivity contribution < 1.29 is 9.18 Å². The fourth-order valence-electron chi connectivity index (χ4n) is 2.31. The number of rotatable bonds is 2. The monoisotopic (exact) mass is 264 g/mol. The number of carbonyl (C=O) groups excluding carboxylic acids is 1. The van der Waals surface area contributed by atoms with Crippen LogP contribution >= 0.6 is 0 Å². The van der Waals surface area contributed by atoms with Gasteiger partial charge >= 0.3 is 0 Å². The molecule has 0 spiro atoms. The second-order valence-corrected chi connectivity index (χ2v) is 4.73. The minimum atomic E-state index is -1.98. The zero-order valence-electron chi connectivity index (χ0n) is 10.4. The lowest BCUT2D eigenvalue weighted by molar-refractivity contribution is -0.128. The van der Waals surface area contributed by atoms with E-state index >= 15 is 0 Å². The Hall–Kier alpha value is -2.25. The molecule has 2 aromatic heterocycles. The first-order chi connectivity index (χ1) is 8.99. The minimum absolute atomic E-state index is 0.0687. The van der Waals surface area contributed by atoms with E-state index in [1.807, 2.05) is 6.92 Å². The van der Waals surface area contributed by atoms with E-state index in [4.69, 9.17) is 5.73 Å². The molecule has 3 rings (SSSR count). The normalized spacial score (nSPS) is 23.2. The number of aryl methyl sites for hydroxylation is 1. The number of aromatic nitrogens is 4. The molecule has 0 aliphatic carbocycles. The van der Waals surface area contributed by atoms with Crippen LogP contribution in [-0.2, 0) is 4.79 Å². The molecule has 0 aromatic carbocycles. The minimum Gasteiger partial charge on any atom is -0.367 e. The molecule has 0 bridgehead atoms. The smallest absolute Gasteiger partial charge is 0.257 e. The first-order valence-corrected chi connectivity index (χ1v) is 5.91. The number of hydrogen-bond donors (Lipinski definition) is 1. The van der Waals surface area contributed by atoms with Crippen LogP contribution in [0.15, 0.2) is 12.4 Å². The highest BCUT2D eigenvalue weighted by atomic mass is 19.1. The van der Waals surface area contributed by atoms with Gasteiger partial charge in [-0.2, -0.15) is 14.6 Å². The largest absolute Gasteiger partial charge is 0.367 e. The van der Waals surface area contributed by atoms with E-state index in [0.29, 0.717) is 18.1 Å². The summed E-state index contributed by atoms with van der Waals surface area (Å²) in [5.41, 5.74) is 3.88.